The molecule has 2 aliphatic rings. The molecule has 4 rings (SSSR count). The lowest BCUT2D eigenvalue weighted by Gasteiger charge is -2.40. The number of ether oxygens (including phenoxy) is 1. The molecule has 1 atom stereocenters. The third kappa shape index (κ3) is 2.95. The van der Waals surface area contributed by atoms with Crippen LogP contribution in [0.3, 0.4) is 0 Å². The van der Waals surface area contributed by atoms with E-state index in [-0.39, 0.29) is 11.5 Å². The second-order valence-corrected chi connectivity index (χ2v) is 6.87. The highest BCUT2D eigenvalue weighted by atomic mass is 35.5. The zero-order valence-corrected chi connectivity index (χ0v) is 13.7. The molecule has 1 aromatic carbocycles. The summed E-state index contributed by atoms with van der Waals surface area (Å²) >= 11 is 5.96. The van der Waals surface area contributed by atoms with Crippen molar-refractivity contribution >= 4 is 17.3 Å². The number of aromatic nitrogens is 2. The maximum atomic E-state index is 5.96. The molecule has 1 aliphatic carbocycles. The zero-order valence-electron chi connectivity index (χ0n) is 12.9. The number of anilines is 1. The van der Waals surface area contributed by atoms with E-state index in [9.17, 15) is 0 Å². The summed E-state index contributed by atoms with van der Waals surface area (Å²) in [6, 6.07) is 7.74. The van der Waals surface area contributed by atoms with Gasteiger partial charge in [-0.05, 0) is 56.4 Å². The van der Waals surface area contributed by atoms with Crippen LogP contribution in [0.1, 0.15) is 49.7 Å². The fourth-order valence-electron chi connectivity index (χ4n) is 3.28. The van der Waals surface area contributed by atoms with Gasteiger partial charge >= 0.3 is 0 Å². The van der Waals surface area contributed by atoms with Crippen LogP contribution in [0.5, 0.6) is 0 Å². The lowest BCUT2D eigenvalue weighted by molar-refractivity contribution is 0.0705. The van der Waals surface area contributed by atoms with E-state index in [2.05, 4.69) is 10.5 Å². The highest BCUT2D eigenvalue weighted by Crippen LogP contribution is 2.43. The summed E-state index contributed by atoms with van der Waals surface area (Å²) in [6.07, 6.45) is 5.29. The predicted molar refractivity (Wildman–Crippen MR) is 87.7 cm³/mol. The maximum absolute atomic E-state index is 5.96. The molecule has 0 radical (unpaired) electrons. The number of benzene rings is 1. The summed E-state index contributed by atoms with van der Waals surface area (Å²) in [5.41, 5.74) is 0.812. The summed E-state index contributed by atoms with van der Waals surface area (Å²) in [5.74, 6) is 1.71. The normalized spacial score (nSPS) is 23.3. The Bertz CT molecular complexity index is 661. The van der Waals surface area contributed by atoms with E-state index in [0.29, 0.717) is 12.5 Å². The first-order chi connectivity index (χ1) is 11.3. The molecular formula is C17H20ClN3O2. The maximum Gasteiger partial charge on any atom is 0.232 e. The van der Waals surface area contributed by atoms with Gasteiger partial charge in [0.2, 0.25) is 5.89 Å². The summed E-state index contributed by atoms with van der Waals surface area (Å²) < 4.78 is 11.1. The van der Waals surface area contributed by atoms with E-state index in [1.807, 2.05) is 24.3 Å². The third-order valence-corrected chi connectivity index (χ3v) is 5.07. The van der Waals surface area contributed by atoms with Crippen molar-refractivity contribution in [3.63, 3.8) is 0 Å². The number of nitrogens with zero attached hydrogens (tertiary/aromatic N) is 2. The van der Waals surface area contributed by atoms with E-state index >= 15 is 0 Å². The monoisotopic (exact) mass is 333 g/mol. The summed E-state index contributed by atoms with van der Waals surface area (Å²) in [7, 11) is 0. The summed E-state index contributed by atoms with van der Waals surface area (Å²) in [5, 5.41) is 8.58. The van der Waals surface area contributed by atoms with Crippen LogP contribution in [-0.2, 0) is 10.3 Å². The molecule has 2 aromatic rings. The molecule has 1 unspecified atom stereocenters. The van der Waals surface area contributed by atoms with E-state index in [4.69, 9.17) is 25.8 Å². The number of hydrogen-bond donors (Lipinski definition) is 1. The number of nitrogens with one attached hydrogen (secondary N) is 1. The van der Waals surface area contributed by atoms with Gasteiger partial charge in [-0.15, -0.1) is 0 Å². The van der Waals surface area contributed by atoms with Gasteiger partial charge in [0.05, 0.1) is 12.5 Å². The molecule has 1 N–H and O–H groups in total. The number of rotatable bonds is 4. The molecule has 1 aromatic heterocycles. The molecule has 2 heterocycles. The average molecular weight is 334 g/mol. The minimum atomic E-state index is -0.217. The fraction of sp³-hybridized carbons (Fsp3) is 0.529. The van der Waals surface area contributed by atoms with Crippen molar-refractivity contribution < 1.29 is 9.26 Å². The van der Waals surface area contributed by atoms with Crippen molar-refractivity contribution in [3.8, 4) is 0 Å². The van der Waals surface area contributed by atoms with Gasteiger partial charge in [-0.3, -0.25) is 0 Å². The van der Waals surface area contributed by atoms with Gasteiger partial charge in [-0.25, -0.2) is 0 Å². The minimum absolute atomic E-state index is 0.217. The SMILES string of the molecule is Clc1ccc(NC2(c3noc(C4CCCOC4)n3)CCC2)cc1. The standard InChI is InChI=1S/C17H20ClN3O2/c18-13-4-6-14(7-5-13)20-17(8-2-9-17)16-19-15(23-21-16)12-3-1-10-22-11-12/h4-7,12,20H,1-3,8-11H2. The average Bonchev–Trinajstić information content (AvgIpc) is 3.04. The smallest absolute Gasteiger partial charge is 0.232 e. The fourth-order valence-corrected chi connectivity index (χ4v) is 3.40. The molecule has 0 bridgehead atoms. The highest BCUT2D eigenvalue weighted by molar-refractivity contribution is 6.30. The van der Waals surface area contributed by atoms with Gasteiger partial charge in [0.1, 0.15) is 5.54 Å². The minimum Gasteiger partial charge on any atom is -0.381 e. The lowest BCUT2D eigenvalue weighted by atomic mass is 9.76. The Morgan fingerprint density at radius 3 is 2.65 bits per heavy atom. The highest BCUT2D eigenvalue weighted by Gasteiger charge is 2.43. The second kappa shape index (κ2) is 6.13. The molecular weight excluding hydrogens is 314 g/mol. The topological polar surface area (TPSA) is 60.2 Å². The lowest BCUT2D eigenvalue weighted by Crippen LogP contribution is -2.43. The first kappa shape index (κ1) is 15.0. The second-order valence-electron chi connectivity index (χ2n) is 6.44. The van der Waals surface area contributed by atoms with Crippen LogP contribution in [0.15, 0.2) is 28.8 Å². The van der Waals surface area contributed by atoms with Crippen LogP contribution in [0.2, 0.25) is 5.02 Å². The van der Waals surface area contributed by atoms with E-state index in [0.717, 1.165) is 55.2 Å². The molecule has 6 heteroatoms. The van der Waals surface area contributed by atoms with Gasteiger partial charge in [0.25, 0.3) is 0 Å². The van der Waals surface area contributed by atoms with E-state index in [1.54, 1.807) is 0 Å². The molecule has 0 spiro atoms. The van der Waals surface area contributed by atoms with Crippen molar-refractivity contribution in [1.29, 1.82) is 0 Å². The number of hydrogen-bond acceptors (Lipinski definition) is 5. The Morgan fingerprint density at radius 2 is 2.00 bits per heavy atom. The Morgan fingerprint density at radius 1 is 1.17 bits per heavy atom. The Balaban J connectivity index is 1.54. The predicted octanol–water partition coefficient (Wildman–Crippen LogP) is 4.11. The summed E-state index contributed by atoms with van der Waals surface area (Å²) in [6.45, 7) is 1.51. The van der Waals surface area contributed by atoms with Crippen LogP contribution in [0.4, 0.5) is 5.69 Å². The van der Waals surface area contributed by atoms with Gasteiger partial charge in [0.15, 0.2) is 5.82 Å². The molecule has 0 amide bonds. The van der Waals surface area contributed by atoms with E-state index < -0.39 is 0 Å². The zero-order chi connectivity index (χ0) is 15.7. The molecule has 23 heavy (non-hydrogen) atoms. The Hall–Kier alpha value is -1.59. The third-order valence-electron chi connectivity index (χ3n) is 4.81. The van der Waals surface area contributed by atoms with Gasteiger partial charge in [-0.2, -0.15) is 4.98 Å². The van der Waals surface area contributed by atoms with Crippen molar-refractivity contribution in [2.45, 2.75) is 43.6 Å². The molecule has 1 saturated heterocycles. The Labute approximate surface area is 140 Å². The van der Waals surface area contributed by atoms with Gasteiger partial charge in [-0.1, -0.05) is 16.8 Å². The molecule has 5 nitrogen and oxygen atoms in total. The molecule has 2 fully saturated rings. The van der Waals surface area contributed by atoms with E-state index in [1.165, 1.54) is 0 Å². The largest absolute Gasteiger partial charge is 0.381 e. The van der Waals surface area contributed by atoms with Crippen LogP contribution in [0.25, 0.3) is 0 Å². The first-order valence-electron chi connectivity index (χ1n) is 8.21. The molecule has 1 aliphatic heterocycles. The van der Waals surface area contributed by atoms with Crippen LogP contribution >= 0.6 is 11.6 Å². The van der Waals surface area contributed by atoms with Crippen molar-refractivity contribution in [3.05, 3.63) is 41.0 Å². The van der Waals surface area contributed by atoms with Gasteiger partial charge < -0.3 is 14.6 Å². The van der Waals surface area contributed by atoms with Crippen LogP contribution in [0, 0.1) is 0 Å². The van der Waals surface area contributed by atoms with Crippen LogP contribution < -0.4 is 5.32 Å². The molecule has 1 saturated carbocycles. The molecule has 122 valence electrons. The quantitative estimate of drug-likeness (QED) is 0.912. The van der Waals surface area contributed by atoms with Crippen molar-refractivity contribution in [2.24, 2.45) is 0 Å². The van der Waals surface area contributed by atoms with Crippen molar-refractivity contribution in [2.75, 3.05) is 18.5 Å². The van der Waals surface area contributed by atoms with Crippen molar-refractivity contribution in [1.82, 2.24) is 10.1 Å². The van der Waals surface area contributed by atoms with Crippen LogP contribution in [-0.4, -0.2) is 23.4 Å². The Kier molecular flexibility index (Phi) is 3.99. The summed E-state index contributed by atoms with van der Waals surface area (Å²) in [4.78, 5) is 4.70. The first-order valence-corrected chi connectivity index (χ1v) is 8.59. The number of halogens is 1. The van der Waals surface area contributed by atoms with Gasteiger partial charge in [0, 0.05) is 17.3 Å².